The molecule has 0 bridgehead atoms. The molecule has 1 amide bonds. The van der Waals surface area contributed by atoms with Crippen LogP contribution in [0.15, 0.2) is 61.2 Å². The van der Waals surface area contributed by atoms with Crippen molar-refractivity contribution in [1.82, 2.24) is 14.8 Å². The summed E-state index contributed by atoms with van der Waals surface area (Å²) in [7, 11) is 0. The van der Waals surface area contributed by atoms with E-state index in [9.17, 15) is 14.4 Å². The minimum Gasteiger partial charge on any atom is -0.462 e. The Labute approximate surface area is 172 Å². The molecule has 0 spiro atoms. The van der Waals surface area contributed by atoms with Gasteiger partial charge in [-0.3, -0.25) is 4.79 Å². The SMILES string of the molecule is CCCOC(=O)c1ccc(NC(=O)COC(=O)c2ccc(-n3cncn3)cc2)cc1. The molecule has 0 saturated heterocycles. The fraction of sp³-hybridized carbons (Fsp3) is 0.190. The van der Waals surface area contributed by atoms with Gasteiger partial charge in [0.1, 0.15) is 12.7 Å². The van der Waals surface area contributed by atoms with E-state index >= 15 is 0 Å². The third-order valence-electron chi connectivity index (χ3n) is 3.96. The first-order valence-corrected chi connectivity index (χ1v) is 9.26. The van der Waals surface area contributed by atoms with Crippen molar-refractivity contribution in [3.05, 3.63) is 72.3 Å². The normalized spacial score (nSPS) is 10.3. The lowest BCUT2D eigenvalue weighted by Gasteiger charge is -2.08. The van der Waals surface area contributed by atoms with Crippen LogP contribution < -0.4 is 5.32 Å². The molecule has 0 radical (unpaired) electrons. The average molecular weight is 408 g/mol. The monoisotopic (exact) mass is 408 g/mol. The summed E-state index contributed by atoms with van der Waals surface area (Å²) >= 11 is 0. The van der Waals surface area contributed by atoms with Crippen LogP contribution in [0, 0.1) is 0 Å². The van der Waals surface area contributed by atoms with Gasteiger partial charge < -0.3 is 14.8 Å². The number of amides is 1. The summed E-state index contributed by atoms with van der Waals surface area (Å²) in [6.45, 7) is 1.82. The minimum atomic E-state index is -0.621. The van der Waals surface area contributed by atoms with Crippen LogP contribution in [-0.4, -0.2) is 45.8 Å². The summed E-state index contributed by atoms with van der Waals surface area (Å²) in [5.74, 6) is -1.54. The van der Waals surface area contributed by atoms with Crippen LogP contribution in [0.1, 0.15) is 34.1 Å². The maximum absolute atomic E-state index is 12.1. The predicted octanol–water partition coefficient (Wildman–Crippen LogP) is 2.63. The first-order chi connectivity index (χ1) is 14.6. The fourth-order valence-electron chi connectivity index (χ4n) is 2.47. The lowest BCUT2D eigenvalue weighted by atomic mass is 10.2. The number of rotatable bonds is 8. The number of aromatic nitrogens is 3. The van der Waals surface area contributed by atoms with Crippen molar-refractivity contribution in [2.45, 2.75) is 13.3 Å². The molecule has 0 aliphatic rings. The molecule has 0 aliphatic heterocycles. The molecule has 0 atom stereocenters. The summed E-state index contributed by atoms with van der Waals surface area (Å²) in [5, 5.41) is 6.60. The highest BCUT2D eigenvalue weighted by Crippen LogP contribution is 2.12. The summed E-state index contributed by atoms with van der Waals surface area (Å²) in [4.78, 5) is 39.8. The molecule has 1 aromatic heterocycles. The van der Waals surface area contributed by atoms with Crippen molar-refractivity contribution < 1.29 is 23.9 Å². The maximum Gasteiger partial charge on any atom is 0.338 e. The van der Waals surface area contributed by atoms with Crippen LogP contribution >= 0.6 is 0 Å². The third-order valence-corrected chi connectivity index (χ3v) is 3.96. The number of hydrogen-bond donors (Lipinski definition) is 1. The highest BCUT2D eigenvalue weighted by Gasteiger charge is 2.12. The molecule has 0 unspecified atom stereocenters. The van der Waals surface area contributed by atoms with Gasteiger partial charge in [-0.25, -0.2) is 19.3 Å². The highest BCUT2D eigenvalue weighted by molar-refractivity contribution is 5.96. The fourth-order valence-corrected chi connectivity index (χ4v) is 2.47. The number of nitrogens with one attached hydrogen (secondary N) is 1. The van der Waals surface area contributed by atoms with Gasteiger partial charge in [-0.15, -0.1) is 0 Å². The molecule has 2 aromatic carbocycles. The molecule has 9 heteroatoms. The Morgan fingerprint density at radius 1 is 0.933 bits per heavy atom. The molecule has 0 aliphatic carbocycles. The minimum absolute atomic E-state index is 0.307. The van der Waals surface area contributed by atoms with E-state index in [0.717, 1.165) is 12.1 Å². The molecule has 154 valence electrons. The Hall–Kier alpha value is -4.01. The Balaban J connectivity index is 1.48. The number of esters is 2. The molecule has 1 heterocycles. The maximum atomic E-state index is 12.1. The molecular formula is C21H20N4O5. The number of nitrogens with zero attached hydrogens (tertiary/aromatic N) is 3. The Morgan fingerprint density at radius 2 is 1.57 bits per heavy atom. The van der Waals surface area contributed by atoms with Crippen LogP contribution in [0.4, 0.5) is 5.69 Å². The van der Waals surface area contributed by atoms with E-state index in [1.165, 1.54) is 6.33 Å². The summed E-state index contributed by atoms with van der Waals surface area (Å²) < 4.78 is 11.6. The second-order valence-corrected chi connectivity index (χ2v) is 6.22. The van der Waals surface area contributed by atoms with Gasteiger partial charge in [0.25, 0.3) is 5.91 Å². The van der Waals surface area contributed by atoms with E-state index in [2.05, 4.69) is 15.4 Å². The Bertz CT molecular complexity index is 999. The highest BCUT2D eigenvalue weighted by atomic mass is 16.5. The van der Waals surface area contributed by atoms with Crippen molar-refractivity contribution in [2.24, 2.45) is 0 Å². The van der Waals surface area contributed by atoms with Gasteiger partial charge in [-0.1, -0.05) is 6.92 Å². The van der Waals surface area contributed by atoms with E-state index in [1.54, 1.807) is 59.5 Å². The van der Waals surface area contributed by atoms with Crippen LogP contribution in [0.2, 0.25) is 0 Å². The van der Waals surface area contributed by atoms with E-state index < -0.39 is 24.5 Å². The summed E-state index contributed by atoms with van der Waals surface area (Å²) in [6.07, 6.45) is 3.69. The topological polar surface area (TPSA) is 112 Å². The van der Waals surface area contributed by atoms with Crippen LogP contribution in [-0.2, 0) is 14.3 Å². The quantitative estimate of drug-likeness (QED) is 0.570. The zero-order chi connectivity index (χ0) is 21.3. The van der Waals surface area contributed by atoms with Crippen LogP contribution in [0.5, 0.6) is 0 Å². The number of benzene rings is 2. The largest absolute Gasteiger partial charge is 0.462 e. The standard InChI is InChI=1S/C21H20N4O5/c1-2-11-29-20(27)15-3-7-17(8-4-15)24-19(26)12-30-21(28)16-5-9-18(10-6-16)25-14-22-13-23-25/h3-10,13-14H,2,11-12H2,1H3,(H,24,26). The van der Waals surface area contributed by atoms with Crippen LogP contribution in [0.25, 0.3) is 5.69 Å². The van der Waals surface area contributed by atoms with Crippen molar-refractivity contribution >= 4 is 23.5 Å². The van der Waals surface area contributed by atoms with Gasteiger partial charge in [0.15, 0.2) is 6.61 Å². The Kier molecular flexibility index (Phi) is 6.88. The van der Waals surface area contributed by atoms with Crippen molar-refractivity contribution in [3.8, 4) is 5.69 Å². The van der Waals surface area contributed by atoms with Crippen LogP contribution in [0.3, 0.4) is 0 Å². The number of carbonyl (C=O) groups is 3. The van der Waals surface area contributed by atoms with E-state index in [1.807, 2.05) is 6.92 Å². The van der Waals surface area contributed by atoms with E-state index in [-0.39, 0.29) is 0 Å². The predicted molar refractivity (Wildman–Crippen MR) is 107 cm³/mol. The van der Waals surface area contributed by atoms with Gasteiger partial charge in [-0.2, -0.15) is 5.10 Å². The molecule has 0 fully saturated rings. The number of hydrogen-bond acceptors (Lipinski definition) is 7. The van der Waals surface area contributed by atoms with Gasteiger partial charge in [0.2, 0.25) is 0 Å². The average Bonchev–Trinajstić information content (AvgIpc) is 3.31. The lowest BCUT2D eigenvalue weighted by Crippen LogP contribution is -2.21. The molecule has 30 heavy (non-hydrogen) atoms. The first-order valence-electron chi connectivity index (χ1n) is 9.26. The second kappa shape index (κ2) is 9.97. The molecule has 3 aromatic rings. The second-order valence-electron chi connectivity index (χ2n) is 6.22. The molecule has 1 N–H and O–H groups in total. The molecule has 0 saturated carbocycles. The van der Waals surface area contributed by atoms with E-state index in [4.69, 9.17) is 9.47 Å². The van der Waals surface area contributed by atoms with Gasteiger partial charge in [-0.05, 0) is 55.0 Å². The number of carbonyl (C=O) groups excluding carboxylic acids is 3. The molecule has 3 rings (SSSR count). The first kappa shape index (κ1) is 20.7. The third kappa shape index (κ3) is 5.51. The number of ether oxygens (including phenoxy) is 2. The van der Waals surface area contributed by atoms with Crippen molar-refractivity contribution in [3.63, 3.8) is 0 Å². The lowest BCUT2D eigenvalue weighted by molar-refractivity contribution is -0.119. The Morgan fingerprint density at radius 3 is 2.17 bits per heavy atom. The van der Waals surface area contributed by atoms with Crippen molar-refractivity contribution in [2.75, 3.05) is 18.5 Å². The molecule has 9 nitrogen and oxygen atoms in total. The van der Waals surface area contributed by atoms with Gasteiger partial charge in [0, 0.05) is 5.69 Å². The summed E-state index contributed by atoms with van der Waals surface area (Å²) in [5.41, 5.74) is 1.91. The van der Waals surface area contributed by atoms with Gasteiger partial charge >= 0.3 is 11.9 Å². The zero-order valence-electron chi connectivity index (χ0n) is 16.3. The zero-order valence-corrected chi connectivity index (χ0v) is 16.3. The smallest absolute Gasteiger partial charge is 0.338 e. The molecular weight excluding hydrogens is 388 g/mol. The van der Waals surface area contributed by atoms with E-state index in [0.29, 0.717) is 23.4 Å². The number of anilines is 1. The van der Waals surface area contributed by atoms with Crippen molar-refractivity contribution in [1.29, 1.82) is 0 Å². The van der Waals surface area contributed by atoms with Gasteiger partial charge in [0.05, 0.1) is 23.4 Å². The summed E-state index contributed by atoms with van der Waals surface area (Å²) in [6, 6.07) is 12.8.